The molecule has 0 spiro atoms. The van der Waals surface area contributed by atoms with E-state index in [0.29, 0.717) is 17.2 Å². The van der Waals surface area contributed by atoms with E-state index >= 15 is 0 Å². The third-order valence-electron chi connectivity index (χ3n) is 2.69. The summed E-state index contributed by atoms with van der Waals surface area (Å²) in [6, 6.07) is 1.31. The molecule has 0 aromatic heterocycles. The molecule has 1 saturated heterocycles. The molecule has 1 fully saturated rings. The van der Waals surface area contributed by atoms with Crippen LogP contribution in [0.5, 0.6) is 5.75 Å². The summed E-state index contributed by atoms with van der Waals surface area (Å²) in [5, 5.41) is 28.2. The van der Waals surface area contributed by atoms with Crippen molar-refractivity contribution in [2.75, 3.05) is 13.2 Å². The van der Waals surface area contributed by atoms with Crippen LogP contribution in [0.4, 0.5) is 8.78 Å². The number of phenols is 1. The summed E-state index contributed by atoms with van der Waals surface area (Å²) in [7, 11) is 0. The molecule has 1 aliphatic rings. The van der Waals surface area contributed by atoms with Crippen LogP contribution in [0.3, 0.4) is 0 Å². The van der Waals surface area contributed by atoms with E-state index in [-0.39, 0.29) is 18.7 Å². The van der Waals surface area contributed by atoms with Gasteiger partial charge in [0.15, 0.2) is 17.4 Å². The Morgan fingerprint density at radius 2 is 1.84 bits per heavy atom. The molecule has 2 atom stereocenters. The minimum atomic E-state index is -1.28. The second-order valence-electron chi connectivity index (χ2n) is 4.09. The molecule has 19 heavy (non-hydrogen) atoms. The molecular formula is C11H11F2NO5. The number of carbonyl (C=O) groups is 1. The highest BCUT2D eigenvalue weighted by Crippen LogP contribution is 2.23. The van der Waals surface area contributed by atoms with Crippen LogP contribution in [0.1, 0.15) is 10.4 Å². The number of hydrogen-bond acceptors (Lipinski definition) is 5. The van der Waals surface area contributed by atoms with Gasteiger partial charge in [-0.25, -0.2) is 13.8 Å². The highest BCUT2D eigenvalue weighted by molar-refractivity contribution is 5.93. The maximum Gasteiger partial charge on any atom is 0.277 e. The summed E-state index contributed by atoms with van der Waals surface area (Å²) in [5.41, 5.74) is -0.378. The standard InChI is InChI=1S/C11H11F2NO5/c12-6-1-5(2-7(13)10(6)17)11(18)14-3-8(15)9(16)4-19-14/h1-2,8-9,15-17H,3-4H2/t8-,9+/m0/s1. The number of amides is 1. The first kappa shape index (κ1) is 13.7. The van der Waals surface area contributed by atoms with E-state index in [2.05, 4.69) is 0 Å². The Morgan fingerprint density at radius 1 is 1.26 bits per heavy atom. The number of hydrogen-bond donors (Lipinski definition) is 3. The predicted molar refractivity (Wildman–Crippen MR) is 57.0 cm³/mol. The molecule has 0 aliphatic carbocycles. The van der Waals surface area contributed by atoms with Gasteiger partial charge in [-0.1, -0.05) is 0 Å². The highest BCUT2D eigenvalue weighted by atomic mass is 19.1. The van der Waals surface area contributed by atoms with Crippen molar-refractivity contribution in [3.05, 3.63) is 29.3 Å². The number of nitrogens with zero attached hydrogens (tertiary/aromatic N) is 1. The number of aromatic hydroxyl groups is 1. The number of rotatable bonds is 1. The van der Waals surface area contributed by atoms with Crippen LogP contribution in [0, 0.1) is 11.6 Å². The molecule has 0 bridgehead atoms. The topological polar surface area (TPSA) is 90.2 Å². The molecule has 1 heterocycles. The van der Waals surface area contributed by atoms with E-state index in [4.69, 9.17) is 9.94 Å². The van der Waals surface area contributed by atoms with E-state index in [1.165, 1.54) is 0 Å². The molecule has 0 saturated carbocycles. The smallest absolute Gasteiger partial charge is 0.277 e. The lowest BCUT2D eigenvalue weighted by Crippen LogP contribution is -2.50. The molecule has 104 valence electrons. The summed E-state index contributed by atoms with van der Waals surface area (Å²) in [6.45, 7) is -0.639. The molecular weight excluding hydrogens is 264 g/mol. The Balaban J connectivity index is 2.20. The zero-order valence-corrected chi connectivity index (χ0v) is 9.58. The molecule has 0 unspecified atom stereocenters. The number of carbonyl (C=O) groups excluding carboxylic acids is 1. The summed E-state index contributed by atoms with van der Waals surface area (Å²) in [5.74, 6) is -4.61. The third-order valence-corrected chi connectivity index (χ3v) is 2.69. The predicted octanol–water partition coefficient (Wildman–Crippen LogP) is -0.220. The minimum Gasteiger partial charge on any atom is -0.503 e. The van der Waals surface area contributed by atoms with Gasteiger partial charge >= 0.3 is 0 Å². The quantitative estimate of drug-likeness (QED) is 0.659. The first-order valence-corrected chi connectivity index (χ1v) is 5.39. The van der Waals surface area contributed by atoms with Crippen LogP contribution >= 0.6 is 0 Å². The van der Waals surface area contributed by atoms with Crippen molar-refractivity contribution in [3.8, 4) is 5.75 Å². The molecule has 2 rings (SSSR count). The summed E-state index contributed by atoms with van der Waals surface area (Å²) in [6.07, 6.45) is -2.33. The van der Waals surface area contributed by atoms with Crippen LogP contribution in [0.25, 0.3) is 0 Å². The summed E-state index contributed by atoms with van der Waals surface area (Å²) < 4.78 is 26.2. The fourth-order valence-corrected chi connectivity index (χ4v) is 1.60. The SMILES string of the molecule is O=C(c1cc(F)c(O)c(F)c1)N1C[C@H](O)[C@H](O)CO1. The van der Waals surface area contributed by atoms with E-state index in [9.17, 15) is 23.8 Å². The van der Waals surface area contributed by atoms with Crippen LogP contribution in [-0.4, -0.2) is 51.6 Å². The van der Waals surface area contributed by atoms with Crippen molar-refractivity contribution in [1.82, 2.24) is 5.06 Å². The molecule has 1 aromatic carbocycles. The number of hydroxylamine groups is 2. The first-order valence-electron chi connectivity index (χ1n) is 5.39. The van der Waals surface area contributed by atoms with Crippen molar-refractivity contribution in [1.29, 1.82) is 0 Å². The number of benzene rings is 1. The van der Waals surface area contributed by atoms with Gasteiger partial charge in [0, 0.05) is 5.56 Å². The molecule has 8 heteroatoms. The average molecular weight is 275 g/mol. The summed E-state index contributed by atoms with van der Waals surface area (Å²) >= 11 is 0. The van der Waals surface area contributed by atoms with Crippen molar-refractivity contribution in [2.24, 2.45) is 0 Å². The number of β-amino-alcohol motifs (C(OH)–C–C–N with tert-alkyl or cyclic N) is 1. The van der Waals surface area contributed by atoms with Gasteiger partial charge < -0.3 is 15.3 Å². The van der Waals surface area contributed by atoms with Gasteiger partial charge in [0.25, 0.3) is 5.91 Å². The van der Waals surface area contributed by atoms with Gasteiger partial charge in [0.1, 0.15) is 18.8 Å². The first-order chi connectivity index (χ1) is 8.90. The lowest BCUT2D eigenvalue weighted by Gasteiger charge is -2.32. The maximum absolute atomic E-state index is 13.1. The van der Waals surface area contributed by atoms with Gasteiger partial charge in [-0.05, 0) is 12.1 Å². The monoisotopic (exact) mass is 275 g/mol. The second kappa shape index (κ2) is 5.08. The van der Waals surface area contributed by atoms with Crippen LogP contribution in [0.15, 0.2) is 12.1 Å². The molecule has 1 aromatic rings. The highest BCUT2D eigenvalue weighted by Gasteiger charge is 2.31. The maximum atomic E-state index is 13.1. The van der Waals surface area contributed by atoms with Crippen molar-refractivity contribution in [2.45, 2.75) is 12.2 Å². The van der Waals surface area contributed by atoms with Crippen molar-refractivity contribution in [3.63, 3.8) is 0 Å². The molecule has 6 nitrogen and oxygen atoms in total. The van der Waals surface area contributed by atoms with Crippen LogP contribution in [0.2, 0.25) is 0 Å². The van der Waals surface area contributed by atoms with Crippen LogP contribution in [-0.2, 0) is 4.84 Å². The zero-order valence-electron chi connectivity index (χ0n) is 9.58. The summed E-state index contributed by atoms with van der Waals surface area (Å²) in [4.78, 5) is 16.7. The molecule has 1 aliphatic heterocycles. The Morgan fingerprint density at radius 3 is 2.37 bits per heavy atom. The second-order valence-corrected chi connectivity index (χ2v) is 4.09. The third kappa shape index (κ3) is 2.65. The van der Waals surface area contributed by atoms with E-state index in [0.717, 1.165) is 0 Å². The Bertz CT molecular complexity index is 487. The largest absolute Gasteiger partial charge is 0.503 e. The lowest BCUT2D eigenvalue weighted by atomic mass is 10.1. The minimum absolute atomic E-state index is 0.310. The average Bonchev–Trinajstić information content (AvgIpc) is 2.37. The molecule has 1 amide bonds. The Hall–Kier alpha value is -1.77. The van der Waals surface area contributed by atoms with Gasteiger partial charge in [-0.15, -0.1) is 0 Å². The fourth-order valence-electron chi connectivity index (χ4n) is 1.60. The van der Waals surface area contributed by atoms with E-state index in [1.54, 1.807) is 0 Å². The zero-order chi connectivity index (χ0) is 14.2. The van der Waals surface area contributed by atoms with Crippen LogP contribution < -0.4 is 0 Å². The molecule has 3 N–H and O–H groups in total. The lowest BCUT2D eigenvalue weighted by molar-refractivity contribution is -0.212. The molecule has 0 radical (unpaired) electrons. The number of phenolic OH excluding ortho intramolecular Hbond substituents is 1. The van der Waals surface area contributed by atoms with Gasteiger partial charge in [-0.2, -0.15) is 0 Å². The Kier molecular flexibility index (Phi) is 3.65. The van der Waals surface area contributed by atoms with Crippen molar-refractivity contribution < 1.29 is 33.7 Å². The number of aliphatic hydroxyl groups is 2. The van der Waals surface area contributed by atoms with Gasteiger partial charge in [0.2, 0.25) is 0 Å². The van der Waals surface area contributed by atoms with Gasteiger partial charge in [-0.3, -0.25) is 9.63 Å². The van der Waals surface area contributed by atoms with Crippen molar-refractivity contribution >= 4 is 5.91 Å². The normalized spacial score (nSPS) is 23.5. The van der Waals surface area contributed by atoms with E-state index in [1.807, 2.05) is 0 Å². The number of halogens is 2. The Labute approximate surface area is 106 Å². The number of aliphatic hydroxyl groups excluding tert-OH is 2. The van der Waals surface area contributed by atoms with E-state index < -0.39 is 35.5 Å². The fraction of sp³-hybridized carbons (Fsp3) is 0.364. The van der Waals surface area contributed by atoms with Gasteiger partial charge in [0.05, 0.1) is 6.54 Å².